The van der Waals surface area contributed by atoms with Crippen molar-refractivity contribution in [1.82, 2.24) is 15.1 Å². The largest absolute Gasteiger partial charge is 0.416 e. The molecule has 1 fully saturated rings. The Morgan fingerprint density at radius 3 is 2.56 bits per heavy atom. The van der Waals surface area contributed by atoms with Crippen LogP contribution in [0.4, 0.5) is 13.2 Å². The monoisotopic (exact) mass is 386 g/mol. The molecule has 2 rings (SSSR count). The minimum absolute atomic E-state index is 0.105. The van der Waals surface area contributed by atoms with Gasteiger partial charge >= 0.3 is 6.18 Å². The van der Waals surface area contributed by atoms with Crippen molar-refractivity contribution in [3.8, 4) is 0 Å². The first kappa shape index (κ1) is 21.5. The zero-order valence-corrected chi connectivity index (χ0v) is 16.0. The molecule has 2 N–H and O–H groups in total. The normalized spacial score (nSPS) is 17.9. The lowest BCUT2D eigenvalue weighted by Gasteiger charge is -2.36. The van der Waals surface area contributed by atoms with Crippen LogP contribution in [-0.4, -0.2) is 66.7 Å². The number of halogens is 3. The van der Waals surface area contributed by atoms with E-state index in [1.807, 2.05) is 13.8 Å². The van der Waals surface area contributed by atoms with Crippen LogP contribution in [0.15, 0.2) is 29.3 Å². The lowest BCUT2D eigenvalue weighted by Crippen LogP contribution is -2.52. The number of nitrogens with one attached hydrogen (secondary N) is 1. The smallest absolute Gasteiger partial charge is 0.396 e. The first-order valence-electron chi connectivity index (χ1n) is 9.36. The molecule has 0 radical (unpaired) electrons. The van der Waals surface area contributed by atoms with Gasteiger partial charge in [-0.05, 0) is 24.5 Å². The minimum Gasteiger partial charge on any atom is -0.396 e. The third kappa shape index (κ3) is 6.70. The Morgan fingerprint density at radius 1 is 1.26 bits per heavy atom. The molecule has 1 atom stereocenters. The standard InChI is InChI=1S/C19H29F3N4O/c1-3-23-18(24-12-15(2)14-27)26-9-7-25(8-10-26)13-16-5-4-6-17(11-16)19(20,21)22/h4-6,11,15,27H,3,7-10,12-14H2,1-2H3,(H,23,24). The summed E-state index contributed by atoms with van der Waals surface area (Å²) in [4.78, 5) is 8.91. The molecule has 1 aromatic rings. The van der Waals surface area contributed by atoms with E-state index < -0.39 is 11.7 Å². The van der Waals surface area contributed by atoms with Gasteiger partial charge in [-0.2, -0.15) is 13.2 Å². The van der Waals surface area contributed by atoms with Gasteiger partial charge in [0.25, 0.3) is 0 Å². The van der Waals surface area contributed by atoms with Gasteiger partial charge in [0.1, 0.15) is 0 Å². The molecule has 0 bridgehead atoms. The zero-order valence-electron chi connectivity index (χ0n) is 16.0. The summed E-state index contributed by atoms with van der Waals surface area (Å²) in [6.45, 7) is 8.93. The Bertz CT molecular complexity index is 613. The van der Waals surface area contributed by atoms with Crippen LogP contribution < -0.4 is 5.32 Å². The van der Waals surface area contributed by atoms with E-state index in [-0.39, 0.29) is 12.5 Å². The zero-order chi connectivity index (χ0) is 19.9. The lowest BCUT2D eigenvalue weighted by molar-refractivity contribution is -0.137. The van der Waals surface area contributed by atoms with Gasteiger partial charge in [0.05, 0.1) is 5.56 Å². The summed E-state index contributed by atoms with van der Waals surface area (Å²) < 4.78 is 38.6. The summed E-state index contributed by atoms with van der Waals surface area (Å²) in [6.07, 6.45) is -4.31. The van der Waals surface area contributed by atoms with Crippen molar-refractivity contribution in [3.63, 3.8) is 0 Å². The fourth-order valence-corrected chi connectivity index (χ4v) is 2.95. The van der Waals surface area contributed by atoms with Gasteiger partial charge in [0.2, 0.25) is 0 Å². The van der Waals surface area contributed by atoms with Crippen LogP contribution in [0.5, 0.6) is 0 Å². The number of aliphatic hydroxyl groups excluding tert-OH is 1. The second-order valence-corrected chi connectivity index (χ2v) is 6.94. The third-order valence-corrected chi connectivity index (χ3v) is 4.53. The Labute approximate surface area is 158 Å². The summed E-state index contributed by atoms with van der Waals surface area (Å²) in [5, 5.41) is 12.4. The molecular formula is C19H29F3N4O. The average molecular weight is 386 g/mol. The van der Waals surface area contributed by atoms with Crippen LogP contribution >= 0.6 is 0 Å². The Hall–Kier alpha value is -1.80. The maximum atomic E-state index is 12.9. The molecule has 1 aliphatic heterocycles. The predicted molar refractivity (Wildman–Crippen MR) is 101 cm³/mol. The van der Waals surface area contributed by atoms with Gasteiger partial charge in [-0.25, -0.2) is 0 Å². The maximum Gasteiger partial charge on any atom is 0.416 e. The van der Waals surface area contributed by atoms with E-state index in [2.05, 4.69) is 20.1 Å². The Kier molecular flexibility index (Phi) is 7.91. The van der Waals surface area contributed by atoms with E-state index >= 15 is 0 Å². The number of rotatable bonds is 6. The van der Waals surface area contributed by atoms with E-state index in [1.165, 1.54) is 12.1 Å². The van der Waals surface area contributed by atoms with Crippen molar-refractivity contribution in [2.75, 3.05) is 45.9 Å². The van der Waals surface area contributed by atoms with Crippen LogP contribution in [0.25, 0.3) is 0 Å². The molecule has 8 heteroatoms. The van der Waals surface area contributed by atoms with Crippen LogP contribution in [0.1, 0.15) is 25.0 Å². The van der Waals surface area contributed by atoms with Crippen LogP contribution in [-0.2, 0) is 12.7 Å². The second kappa shape index (κ2) is 9.94. The van der Waals surface area contributed by atoms with E-state index in [9.17, 15) is 13.2 Å². The minimum atomic E-state index is -4.31. The average Bonchev–Trinajstić information content (AvgIpc) is 2.65. The molecular weight excluding hydrogens is 357 g/mol. The predicted octanol–water partition coefficient (Wildman–Crippen LogP) is 2.42. The highest BCUT2D eigenvalue weighted by molar-refractivity contribution is 5.80. The number of aliphatic hydroxyl groups is 1. The molecule has 152 valence electrons. The van der Waals surface area contributed by atoms with Crippen molar-refractivity contribution in [2.45, 2.75) is 26.6 Å². The molecule has 27 heavy (non-hydrogen) atoms. The summed E-state index contributed by atoms with van der Waals surface area (Å²) >= 11 is 0. The first-order chi connectivity index (χ1) is 12.8. The van der Waals surface area contributed by atoms with Crippen LogP contribution in [0, 0.1) is 5.92 Å². The molecule has 5 nitrogen and oxygen atoms in total. The highest BCUT2D eigenvalue weighted by atomic mass is 19.4. The Morgan fingerprint density at radius 2 is 1.96 bits per heavy atom. The molecule has 0 aromatic heterocycles. The number of guanidine groups is 1. The molecule has 1 aliphatic rings. The molecule has 1 aromatic carbocycles. The van der Waals surface area contributed by atoms with Crippen molar-refractivity contribution < 1.29 is 18.3 Å². The molecule has 0 saturated carbocycles. The highest BCUT2D eigenvalue weighted by Crippen LogP contribution is 2.29. The summed E-state index contributed by atoms with van der Waals surface area (Å²) in [5.41, 5.74) is 0.0776. The first-order valence-corrected chi connectivity index (χ1v) is 9.36. The van der Waals surface area contributed by atoms with Crippen molar-refractivity contribution in [3.05, 3.63) is 35.4 Å². The maximum absolute atomic E-state index is 12.9. The van der Waals surface area contributed by atoms with E-state index in [1.54, 1.807) is 6.07 Å². The lowest BCUT2D eigenvalue weighted by atomic mass is 10.1. The van der Waals surface area contributed by atoms with Crippen molar-refractivity contribution >= 4 is 5.96 Å². The third-order valence-electron chi connectivity index (χ3n) is 4.53. The number of piperazine rings is 1. The van der Waals surface area contributed by atoms with E-state index in [4.69, 9.17) is 5.11 Å². The highest BCUT2D eigenvalue weighted by Gasteiger charge is 2.30. The van der Waals surface area contributed by atoms with Gasteiger partial charge in [0, 0.05) is 52.4 Å². The van der Waals surface area contributed by atoms with Gasteiger partial charge in [-0.3, -0.25) is 9.89 Å². The summed E-state index contributed by atoms with van der Waals surface area (Å²) in [7, 11) is 0. The number of alkyl halides is 3. The van der Waals surface area contributed by atoms with Crippen LogP contribution in [0.2, 0.25) is 0 Å². The Balaban J connectivity index is 1.92. The summed E-state index contributed by atoms with van der Waals surface area (Å²) in [6, 6.07) is 5.54. The topological polar surface area (TPSA) is 51.1 Å². The fourth-order valence-electron chi connectivity index (χ4n) is 2.95. The van der Waals surface area contributed by atoms with Gasteiger partial charge in [-0.1, -0.05) is 25.1 Å². The summed E-state index contributed by atoms with van der Waals surface area (Å²) in [5.74, 6) is 0.942. The number of aliphatic imine (C=N–C) groups is 1. The van der Waals surface area contributed by atoms with Gasteiger partial charge in [0.15, 0.2) is 5.96 Å². The number of hydrogen-bond donors (Lipinski definition) is 2. The molecule has 1 unspecified atom stereocenters. The van der Waals surface area contributed by atoms with Crippen LogP contribution in [0.3, 0.4) is 0 Å². The second-order valence-electron chi connectivity index (χ2n) is 6.94. The SMILES string of the molecule is CCNC(=NCC(C)CO)N1CCN(Cc2cccc(C(F)(F)F)c2)CC1. The van der Waals surface area contributed by atoms with E-state index in [0.717, 1.165) is 44.7 Å². The molecule has 0 spiro atoms. The number of hydrogen-bond acceptors (Lipinski definition) is 3. The fraction of sp³-hybridized carbons (Fsp3) is 0.632. The van der Waals surface area contributed by atoms with E-state index in [0.29, 0.717) is 18.7 Å². The molecule has 1 saturated heterocycles. The van der Waals surface area contributed by atoms with Crippen molar-refractivity contribution in [2.24, 2.45) is 10.9 Å². The van der Waals surface area contributed by atoms with Crippen molar-refractivity contribution in [1.29, 1.82) is 0 Å². The van der Waals surface area contributed by atoms with Gasteiger partial charge in [-0.15, -0.1) is 0 Å². The molecule has 0 amide bonds. The van der Waals surface area contributed by atoms with Gasteiger partial charge < -0.3 is 15.3 Å². The molecule has 1 heterocycles. The number of nitrogens with zero attached hydrogens (tertiary/aromatic N) is 3. The molecule has 0 aliphatic carbocycles. The quantitative estimate of drug-likeness (QED) is 0.582. The number of benzene rings is 1.